The van der Waals surface area contributed by atoms with Gasteiger partial charge in [-0.1, -0.05) is 19.3 Å². The van der Waals surface area contributed by atoms with E-state index in [2.05, 4.69) is 15.5 Å². The Morgan fingerprint density at radius 2 is 2.10 bits per heavy atom. The maximum Gasteiger partial charge on any atom is 0.310 e. The van der Waals surface area contributed by atoms with Crippen molar-refractivity contribution in [1.29, 1.82) is 0 Å². The highest BCUT2D eigenvalue weighted by atomic mass is 16.5. The SMILES string of the molecule is COC(=O)[C@@H]1CCCCC[C@@H]1NCc1nnc(C)n1C. The minimum atomic E-state index is -0.0986. The second-order valence-electron chi connectivity index (χ2n) is 5.48. The van der Waals surface area contributed by atoms with Crippen molar-refractivity contribution in [2.24, 2.45) is 13.0 Å². The molecule has 0 bridgehead atoms. The van der Waals surface area contributed by atoms with Crippen LogP contribution in [-0.4, -0.2) is 33.9 Å². The van der Waals surface area contributed by atoms with Crippen LogP contribution in [-0.2, 0) is 23.1 Å². The topological polar surface area (TPSA) is 69.0 Å². The molecule has 0 aromatic carbocycles. The van der Waals surface area contributed by atoms with Crippen LogP contribution >= 0.6 is 0 Å². The average molecular weight is 280 g/mol. The van der Waals surface area contributed by atoms with Gasteiger partial charge in [-0.3, -0.25) is 4.79 Å². The smallest absolute Gasteiger partial charge is 0.310 e. The molecule has 1 N–H and O–H groups in total. The van der Waals surface area contributed by atoms with Crippen LogP contribution in [0.15, 0.2) is 0 Å². The summed E-state index contributed by atoms with van der Waals surface area (Å²) in [5.41, 5.74) is 0. The molecule has 1 aliphatic carbocycles. The molecule has 0 radical (unpaired) electrons. The summed E-state index contributed by atoms with van der Waals surface area (Å²) in [6.07, 6.45) is 5.36. The number of aryl methyl sites for hydroxylation is 1. The molecule has 2 atom stereocenters. The summed E-state index contributed by atoms with van der Waals surface area (Å²) in [7, 11) is 3.42. The summed E-state index contributed by atoms with van der Waals surface area (Å²) in [6.45, 7) is 2.56. The van der Waals surface area contributed by atoms with Crippen LogP contribution in [0.2, 0.25) is 0 Å². The number of nitrogens with one attached hydrogen (secondary N) is 1. The molecule has 6 nitrogen and oxygen atoms in total. The number of hydrogen-bond acceptors (Lipinski definition) is 5. The molecule has 1 fully saturated rings. The molecule has 1 aromatic rings. The number of hydrogen-bond donors (Lipinski definition) is 1. The predicted molar refractivity (Wildman–Crippen MR) is 75.0 cm³/mol. The number of carbonyl (C=O) groups excluding carboxylic acids is 1. The summed E-state index contributed by atoms with van der Waals surface area (Å²) in [6, 6.07) is 0.168. The van der Waals surface area contributed by atoms with E-state index in [0.717, 1.165) is 37.3 Å². The van der Waals surface area contributed by atoms with Crippen LogP contribution in [0.1, 0.15) is 43.8 Å². The quantitative estimate of drug-likeness (QED) is 0.665. The lowest BCUT2D eigenvalue weighted by Gasteiger charge is -2.24. The van der Waals surface area contributed by atoms with E-state index >= 15 is 0 Å². The molecule has 6 heteroatoms. The second kappa shape index (κ2) is 6.83. The Labute approximate surface area is 119 Å². The van der Waals surface area contributed by atoms with Gasteiger partial charge in [0.15, 0.2) is 0 Å². The van der Waals surface area contributed by atoms with Crippen molar-refractivity contribution >= 4 is 5.97 Å². The minimum absolute atomic E-state index is 0.0446. The molecule has 1 saturated carbocycles. The fourth-order valence-electron chi connectivity index (χ4n) is 2.81. The molecule has 112 valence electrons. The Morgan fingerprint density at radius 1 is 1.35 bits per heavy atom. The van der Waals surface area contributed by atoms with Gasteiger partial charge >= 0.3 is 5.97 Å². The standard InChI is InChI=1S/C14H24N4O2/c1-10-16-17-13(18(10)2)9-15-12-8-6-4-5-7-11(12)14(19)20-3/h11-12,15H,4-9H2,1-3H3/t11-,12+/m1/s1. The van der Waals surface area contributed by atoms with Gasteiger partial charge in [0, 0.05) is 13.1 Å². The first-order valence-electron chi connectivity index (χ1n) is 7.29. The molecule has 1 aliphatic rings. The number of ether oxygens (including phenoxy) is 1. The third kappa shape index (κ3) is 3.36. The summed E-state index contributed by atoms with van der Waals surface area (Å²) in [5, 5.41) is 11.7. The Kier molecular flexibility index (Phi) is 5.11. The predicted octanol–water partition coefficient (Wildman–Crippen LogP) is 1.34. The van der Waals surface area contributed by atoms with Crippen LogP contribution < -0.4 is 5.32 Å². The van der Waals surface area contributed by atoms with Crippen LogP contribution in [0.5, 0.6) is 0 Å². The summed E-state index contributed by atoms with van der Waals surface area (Å²) >= 11 is 0. The van der Waals surface area contributed by atoms with E-state index in [4.69, 9.17) is 4.74 Å². The zero-order chi connectivity index (χ0) is 14.5. The highest BCUT2D eigenvalue weighted by Gasteiger charge is 2.30. The number of nitrogens with zero attached hydrogens (tertiary/aromatic N) is 3. The third-order valence-corrected chi connectivity index (χ3v) is 4.22. The number of esters is 1. The van der Waals surface area contributed by atoms with Gasteiger partial charge in [-0.25, -0.2) is 0 Å². The maximum absolute atomic E-state index is 11.9. The summed E-state index contributed by atoms with van der Waals surface area (Å²) < 4.78 is 6.91. The van der Waals surface area contributed by atoms with Gasteiger partial charge in [0.05, 0.1) is 19.6 Å². The second-order valence-corrected chi connectivity index (χ2v) is 5.48. The number of methoxy groups -OCH3 is 1. The molecule has 0 amide bonds. The fourth-order valence-corrected chi connectivity index (χ4v) is 2.81. The molecule has 1 aromatic heterocycles. The first-order valence-corrected chi connectivity index (χ1v) is 7.29. The number of rotatable bonds is 4. The Bertz CT molecular complexity index is 458. The van der Waals surface area contributed by atoms with Gasteiger partial charge in [-0.2, -0.15) is 0 Å². The van der Waals surface area contributed by atoms with E-state index < -0.39 is 0 Å². The Morgan fingerprint density at radius 3 is 2.75 bits per heavy atom. The van der Waals surface area contributed by atoms with Crippen LogP contribution in [0.4, 0.5) is 0 Å². The van der Waals surface area contributed by atoms with E-state index in [1.807, 2.05) is 18.5 Å². The van der Waals surface area contributed by atoms with Gasteiger partial charge in [-0.05, 0) is 19.8 Å². The fraction of sp³-hybridized carbons (Fsp3) is 0.786. The average Bonchev–Trinajstić information content (AvgIpc) is 2.68. The normalized spacial score (nSPS) is 23.4. The molecule has 0 spiro atoms. The maximum atomic E-state index is 11.9. The van der Waals surface area contributed by atoms with Crippen molar-refractivity contribution in [3.8, 4) is 0 Å². The van der Waals surface area contributed by atoms with Gasteiger partial charge in [0.2, 0.25) is 0 Å². The van der Waals surface area contributed by atoms with Crippen molar-refractivity contribution in [2.45, 2.75) is 51.6 Å². The van der Waals surface area contributed by atoms with E-state index in [1.54, 1.807) is 0 Å². The van der Waals surface area contributed by atoms with Crippen LogP contribution in [0.25, 0.3) is 0 Å². The van der Waals surface area contributed by atoms with Crippen molar-refractivity contribution in [3.05, 3.63) is 11.6 Å². The molecule has 2 rings (SSSR count). The highest BCUT2D eigenvalue weighted by molar-refractivity contribution is 5.73. The molecule has 20 heavy (non-hydrogen) atoms. The largest absolute Gasteiger partial charge is 0.469 e. The molecular formula is C14H24N4O2. The molecule has 0 unspecified atom stereocenters. The van der Waals surface area contributed by atoms with Gasteiger partial charge in [-0.15, -0.1) is 10.2 Å². The molecule has 1 heterocycles. The van der Waals surface area contributed by atoms with E-state index in [9.17, 15) is 4.79 Å². The summed E-state index contributed by atoms with van der Waals surface area (Å²) in [4.78, 5) is 11.9. The molecule has 0 aliphatic heterocycles. The lowest BCUT2D eigenvalue weighted by atomic mass is 9.95. The third-order valence-electron chi connectivity index (χ3n) is 4.22. The highest BCUT2D eigenvalue weighted by Crippen LogP contribution is 2.24. The Hall–Kier alpha value is -1.43. The zero-order valence-electron chi connectivity index (χ0n) is 12.6. The number of carbonyl (C=O) groups is 1. The monoisotopic (exact) mass is 280 g/mol. The van der Waals surface area contributed by atoms with Crippen LogP contribution in [0.3, 0.4) is 0 Å². The van der Waals surface area contributed by atoms with Crippen LogP contribution in [0, 0.1) is 12.8 Å². The van der Waals surface area contributed by atoms with Gasteiger partial charge < -0.3 is 14.6 Å². The lowest BCUT2D eigenvalue weighted by molar-refractivity contribution is -0.146. The zero-order valence-corrected chi connectivity index (χ0v) is 12.6. The molecule has 0 saturated heterocycles. The van der Waals surface area contributed by atoms with Gasteiger partial charge in [0.25, 0.3) is 0 Å². The van der Waals surface area contributed by atoms with Crippen molar-refractivity contribution in [2.75, 3.05) is 7.11 Å². The van der Waals surface area contributed by atoms with Crippen molar-refractivity contribution in [1.82, 2.24) is 20.1 Å². The molecular weight excluding hydrogens is 256 g/mol. The van der Waals surface area contributed by atoms with E-state index in [-0.39, 0.29) is 17.9 Å². The first-order chi connectivity index (χ1) is 9.63. The van der Waals surface area contributed by atoms with E-state index in [1.165, 1.54) is 13.5 Å². The van der Waals surface area contributed by atoms with E-state index in [0.29, 0.717) is 6.54 Å². The first kappa shape index (κ1) is 15.0. The minimum Gasteiger partial charge on any atom is -0.469 e. The summed E-state index contributed by atoms with van der Waals surface area (Å²) in [5.74, 6) is 1.65. The Balaban J connectivity index is 2.00. The van der Waals surface area contributed by atoms with Gasteiger partial charge in [0.1, 0.15) is 11.6 Å². The number of aromatic nitrogens is 3. The van der Waals surface area contributed by atoms with Crippen molar-refractivity contribution < 1.29 is 9.53 Å². The lowest BCUT2D eigenvalue weighted by Crippen LogP contribution is -2.40. The van der Waals surface area contributed by atoms with Crippen molar-refractivity contribution in [3.63, 3.8) is 0 Å².